The summed E-state index contributed by atoms with van der Waals surface area (Å²) in [7, 11) is -0.167. The van der Waals surface area contributed by atoms with E-state index < -0.39 is 19.7 Å². The zero-order chi connectivity index (χ0) is 23.9. The molecule has 1 atom stereocenters. The molecule has 1 aliphatic heterocycles. The Balaban J connectivity index is 1.93. The predicted octanol–water partition coefficient (Wildman–Crippen LogP) is 7.55. The van der Waals surface area contributed by atoms with Crippen LogP contribution in [-0.2, 0) is 20.3 Å². The predicted molar refractivity (Wildman–Crippen MR) is 133 cm³/mol. The number of ether oxygens (including phenoxy) is 1. The second-order valence-electron chi connectivity index (χ2n) is 11.1. The van der Waals surface area contributed by atoms with E-state index in [1.54, 1.807) is 7.11 Å². The fraction of sp³-hybridized carbons (Fsp3) is 0.556. The van der Waals surface area contributed by atoms with Crippen molar-refractivity contribution in [1.82, 2.24) is 0 Å². The van der Waals surface area contributed by atoms with Crippen LogP contribution in [0.2, 0.25) is 18.1 Å². The van der Waals surface area contributed by atoms with E-state index in [1.165, 1.54) is 0 Å². The minimum absolute atomic E-state index is 0.165. The monoisotopic (exact) mass is 456 g/mol. The van der Waals surface area contributed by atoms with Gasteiger partial charge in [-0.2, -0.15) is 4.89 Å². The summed E-state index contributed by atoms with van der Waals surface area (Å²) >= 11 is 0. The fourth-order valence-corrected chi connectivity index (χ4v) is 5.52. The third-order valence-electron chi connectivity index (χ3n) is 7.42. The largest absolute Gasteiger partial charge is 0.544 e. The second-order valence-corrected chi connectivity index (χ2v) is 15.8. The molecule has 0 saturated carbocycles. The normalized spacial score (nSPS) is 21.0. The average molecular weight is 457 g/mol. The van der Waals surface area contributed by atoms with Crippen LogP contribution in [0.1, 0.15) is 54.0 Å². The van der Waals surface area contributed by atoms with Crippen LogP contribution in [0.5, 0.6) is 5.75 Å². The summed E-state index contributed by atoms with van der Waals surface area (Å²) in [6, 6.07) is 16.8. The van der Waals surface area contributed by atoms with Gasteiger partial charge in [0.2, 0.25) is 8.32 Å². The Kier molecular flexibility index (Phi) is 6.71. The van der Waals surface area contributed by atoms with E-state index in [-0.39, 0.29) is 16.9 Å². The summed E-state index contributed by atoms with van der Waals surface area (Å²) in [4.78, 5) is 11.6. The molecule has 5 heteroatoms. The van der Waals surface area contributed by atoms with Gasteiger partial charge in [-0.1, -0.05) is 78.8 Å². The number of rotatable bonds is 7. The van der Waals surface area contributed by atoms with E-state index in [0.717, 1.165) is 22.4 Å². The van der Waals surface area contributed by atoms with Gasteiger partial charge in [-0.25, -0.2) is 4.89 Å². The van der Waals surface area contributed by atoms with Gasteiger partial charge in [0.25, 0.3) is 5.79 Å². The molecule has 1 unspecified atom stereocenters. The first-order valence-electron chi connectivity index (χ1n) is 11.6. The Morgan fingerprint density at radius 1 is 0.844 bits per heavy atom. The summed E-state index contributed by atoms with van der Waals surface area (Å²) < 4.78 is 12.5. The van der Waals surface area contributed by atoms with Gasteiger partial charge in [0.05, 0.1) is 0 Å². The summed E-state index contributed by atoms with van der Waals surface area (Å²) in [5.41, 5.74) is 2.64. The lowest BCUT2D eigenvalue weighted by Gasteiger charge is -2.59. The highest BCUT2D eigenvalue weighted by atomic mass is 28.4. The van der Waals surface area contributed by atoms with Crippen molar-refractivity contribution in [3.8, 4) is 16.9 Å². The molecular formula is C27H40O4Si. The molecule has 1 fully saturated rings. The minimum Gasteiger partial charge on any atom is -0.544 e. The maximum Gasteiger partial charge on any atom is 0.260 e. The Morgan fingerprint density at radius 2 is 1.44 bits per heavy atom. The van der Waals surface area contributed by atoms with Crippen LogP contribution in [0, 0.1) is 11.8 Å². The van der Waals surface area contributed by atoms with Crippen molar-refractivity contribution >= 4 is 8.32 Å². The zero-order valence-corrected chi connectivity index (χ0v) is 22.4. The minimum atomic E-state index is -1.86. The zero-order valence-electron chi connectivity index (χ0n) is 21.4. The highest BCUT2D eigenvalue weighted by Gasteiger charge is 2.69. The SMILES string of the molecule is COC1(c2cccc(-c3ccc(O[Si](C)(C)C(C)(C)C)cc3)c2)OOC1(C(C)C)C(C)C. The van der Waals surface area contributed by atoms with Crippen LogP contribution in [-0.4, -0.2) is 21.0 Å². The van der Waals surface area contributed by atoms with E-state index in [4.69, 9.17) is 18.9 Å². The van der Waals surface area contributed by atoms with Gasteiger partial charge in [0.1, 0.15) is 5.75 Å². The summed E-state index contributed by atoms with van der Waals surface area (Å²) in [6.45, 7) is 19.9. The molecule has 0 bridgehead atoms. The first-order chi connectivity index (χ1) is 14.8. The summed E-state index contributed by atoms with van der Waals surface area (Å²) in [5, 5.41) is 0.165. The van der Waals surface area contributed by atoms with Crippen LogP contribution >= 0.6 is 0 Å². The van der Waals surface area contributed by atoms with Crippen molar-refractivity contribution in [2.45, 2.75) is 78.0 Å². The maximum absolute atomic E-state index is 6.44. The van der Waals surface area contributed by atoms with Crippen molar-refractivity contribution in [2.24, 2.45) is 11.8 Å². The number of methoxy groups -OCH3 is 1. The topological polar surface area (TPSA) is 36.9 Å². The van der Waals surface area contributed by atoms with Crippen LogP contribution < -0.4 is 4.43 Å². The van der Waals surface area contributed by atoms with Gasteiger partial charge in [-0.05, 0) is 59.3 Å². The van der Waals surface area contributed by atoms with Gasteiger partial charge in [0, 0.05) is 12.7 Å². The highest BCUT2D eigenvalue weighted by molar-refractivity contribution is 6.74. The van der Waals surface area contributed by atoms with Gasteiger partial charge in [0.15, 0.2) is 5.60 Å². The first kappa shape index (κ1) is 25.0. The lowest BCUT2D eigenvalue weighted by atomic mass is 9.70. The second kappa shape index (κ2) is 8.60. The molecule has 0 spiro atoms. The van der Waals surface area contributed by atoms with E-state index >= 15 is 0 Å². The summed E-state index contributed by atoms with van der Waals surface area (Å²) in [6.07, 6.45) is 0. The Morgan fingerprint density at radius 3 is 1.88 bits per heavy atom. The Bertz CT molecular complexity index is 915. The standard InChI is InChI=1S/C27H40O4Si/c1-19(2)26(20(3)4)27(28-8,31-30-26)23-13-11-12-22(18-23)21-14-16-24(17-15-21)29-32(9,10)25(5,6)7/h11-20H,1-10H3. The molecule has 1 aliphatic rings. The van der Waals surface area contributed by atoms with Crippen molar-refractivity contribution in [3.63, 3.8) is 0 Å². The van der Waals surface area contributed by atoms with Gasteiger partial charge in [-0.15, -0.1) is 0 Å². The molecular weight excluding hydrogens is 416 g/mol. The van der Waals surface area contributed by atoms with Crippen molar-refractivity contribution in [3.05, 3.63) is 54.1 Å². The van der Waals surface area contributed by atoms with E-state index in [9.17, 15) is 0 Å². The number of hydrogen-bond acceptors (Lipinski definition) is 4. The number of benzene rings is 2. The molecule has 0 N–H and O–H groups in total. The van der Waals surface area contributed by atoms with Crippen LogP contribution in [0.4, 0.5) is 0 Å². The molecule has 0 radical (unpaired) electrons. The first-order valence-corrected chi connectivity index (χ1v) is 14.5. The van der Waals surface area contributed by atoms with Gasteiger partial charge < -0.3 is 9.16 Å². The smallest absolute Gasteiger partial charge is 0.260 e. The molecule has 3 rings (SSSR count). The Labute approximate surface area is 195 Å². The molecule has 2 aromatic rings. The van der Waals surface area contributed by atoms with Crippen LogP contribution in [0.15, 0.2) is 48.5 Å². The third-order valence-corrected chi connectivity index (χ3v) is 11.8. The molecule has 2 aromatic carbocycles. The van der Waals surface area contributed by atoms with Crippen LogP contribution in [0.3, 0.4) is 0 Å². The molecule has 0 amide bonds. The quantitative estimate of drug-likeness (QED) is 0.318. The maximum atomic E-state index is 6.44. The molecule has 1 heterocycles. The van der Waals surface area contributed by atoms with Crippen molar-refractivity contribution in [1.29, 1.82) is 0 Å². The average Bonchev–Trinajstić information content (AvgIpc) is 2.67. The Hall–Kier alpha value is -1.66. The molecule has 32 heavy (non-hydrogen) atoms. The van der Waals surface area contributed by atoms with Gasteiger partial charge >= 0.3 is 0 Å². The highest BCUT2D eigenvalue weighted by Crippen LogP contribution is 2.57. The van der Waals surface area contributed by atoms with Crippen LogP contribution in [0.25, 0.3) is 11.1 Å². The third kappa shape index (κ3) is 3.94. The van der Waals surface area contributed by atoms with Gasteiger partial charge in [-0.3, -0.25) is 0 Å². The molecule has 1 saturated heterocycles. The molecule has 176 valence electrons. The van der Waals surface area contributed by atoms with E-state index in [1.807, 2.05) is 0 Å². The van der Waals surface area contributed by atoms with E-state index in [2.05, 4.69) is 110 Å². The molecule has 4 nitrogen and oxygen atoms in total. The lowest BCUT2D eigenvalue weighted by molar-refractivity contribution is -0.634. The lowest BCUT2D eigenvalue weighted by Crippen LogP contribution is -2.70. The van der Waals surface area contributed by atoms with E-state index in [0.29, 0.717) is 0 Å². The fourth-order valence-electron chi connectivity index (χ4n) is 4.48. The molecule has 0 aromatic heterocycles. The summed E-state index contributed by atoms with van der Waals surface area (Å²) in [5.74, 6) is 0.425. The van der Waals surface area contributed by atoms with Crippen molar-refractivity contribution < 1.29 is 18.9 Å². The van der Waals surface area contributed by atoms with Crippen molar-refractivity contribution in [2.75, 3.05) is 7.11 Å². The molecule has 0 aliphatic carbocycles. The number of hydrogen-bond donors (Lipinski definition) is 0.